The van der Waals surface area contributed by atoms with Crippen molar-refractivity contribution in [3.05, 3.63) is 65.5 Å². The van der Waals surface area contributed by atoms with Crippen molar-refractivity contribution < 1.29 is 9.53 Å². The fraction of sp³-hybridized carbons (Fsp3) is 0.381. The lowest BCUT2D eigenvalue weighted by atomic mass is 9.87. The molecule has 0 amide bonds. The highest BCUT2D eigenvalue weighted by Gasteiger charge is 2.29. The van der Waals surface area contributed by atoms with Crippen molar-refractivity contribution in [2.75, 3.05) is 0 Å². The van der Waals surface area contributed by atoms with Crippen LogP contribution in [0.2, 0.25) is 0 Å². The first kappa shape index (κ1) is 18.1. The lowest BCUT2D eigenvalue weighted by Gasteiger charge is -2.29. The number of benzene rings is 1. The summed E-state index contributed by atoms with van der Waals surface area (Å²) in [6.07, 6.45) is 8.88. The first-order valence-electron chi connectivity index (χ1n) is 9.14. The van der Waals surface area contributed by atoms with Crippen LogP contribution >= 0.6 is 0 Å². The summed E-state index contributed by atoms with van der Waals surface area (Å²) in [6.45, 7) is 0. The zero-order valence-electron chi connectivity index (χ0n) is 14.9. The topological polar surface area (TPSA) is 89.1 Å². The first-order chi connectivity index (χ1) is 12.6. The Morgan fingerprint density at radius 2 is 2.04 bits per heavy atom. The van der Waals surface area contributed by atoms with Gasteiger partial charge in [-0.05, 0) is 55.2 Å². The molecule has 136 valence electrons. The monoisotopic (exact) mass is 351 g/mol. The number of nitrogens with zero attached hydrogens (tertiary/aromatic N) is 1. The third kappa shape index (κ3) is 4.91. The van der Waals surface area contributed by atoms with E-state index in [0.29, 0.717) is 6.42 Å². The Balaban J connectivity index is 1.45. The van der Waals surface area contributed by atoms with Gasteiger partial charge in [0.05, 0.1) is 6.42 Å². The van der Waals surface area contributed by atoms with Crippen molar-refractivity contribution in [1.29, 1.82) is 5.41 Å². The standard InChI is InChI=1S/C21H25N3O2/c22-21(23)16-9-7-15(8-10-16)4-1-2-6-19-12-18(13-20(25)26-19)17-5-3-11-24-14-17/h3,5,7-11,14,18-19H,1-2,4,6,12-13H2,(H3,22,23)/t18?,19-/m0/s1. The molecule has 1 aromatic heterocycles. The predicted molar refractivity (Wildman–Crippen MR) is 101 cm³/mol. The number of amidine groups is 1. The van der Waals surface area contributed by atoms with E-state index in [9.17, 15) is 4.79 Å². The second-order valence-electron chi connectivity index (χ2n) is 6.89. The molecule has 3 N–H and O–H groups in total. The normalized spacial score (nSPS) is 19.8. The summed E-state index contributed by atoms with van der Waals surface area (Å²) >= 11 is 0. The molecule has 1 aromatic carbocycles. The molecule has 1 fully saturated rings. The SMILES string of the molecule is N=C(N)c1ccc(CCCC[C@H]2CC(c3cccnc3)CC(=O)O2)cc1. The summed E-state index contributed by atoms with van der Waals surface area (Å²) in [5.74, 6) is 0.211. The van der Waals surface area contributed by atoms with Crippen molar-refractivity contribution in [2.45, 2.75) is 50.5 Å². The maximum Gasteiger partial charge on any atom is 0.306 e. The quantitative estimate of drug-likeness (QED) is 0.345. The van der Waals surface area contributed by atoms with Gasteiger partial charge in [0.25, 0.3) is 0 Å². The molecule has 5 nitrogen and oxygen atoms in total. The number of aryl methyl sites for hydroxylation is 1. The van der Waals surface area contributed by atoms with E-state index in [-0.39, 0.29) is 23.8 Å². The molecule has 0 saturated carbocycles. The van der Waals surface area contributed by atoms with Crippen molar-refractivity contribution in [1.82, 2.24) is 4.98 Å². The van der Waals surface area contributed by atoms with Gasteiger partial charge in [-0.1, -0.05) is 30.3 Å². The Bertz CT molecular complexity index is 744. The van der Waals surface area contributed by atoms with Gasteiger partial charge in [-0.25, -0.2) is 0 Å². The van der Waals surface area contributed by atoms with Crippen molar-refractivity contribution in [3.8, 4) is 0 Å². The number of rotatable bonds is 7. The van der Waals surface area contributed by atoms with E-state index in [2.05, 4.69) is 4.98 Å². The summed E-state index contributed by atoms with van der Waals surface area (Å²) in [5.41, 5.74) is 8.59. The van der Waals surface area contributed by atoms with Crippen LogP contribution in [-0.4, -0.2) is 22.9 Å². The van der Waals surface area contributed by atoms with Gasteiger partial charge >= 0.3 is 5.97 Å². The highest BCUT2D eigenvalue weighted by Crippen LogP contribution is 2.32. The first-order valence-corrected chi connectivity index (χ1v) is 9.14. The molecule has 0 radical (unpaired) electrons. The van der Waals surface area contributed by atoms with Gasteiger partial charge in [0.15, 0.2) is 0 Å². The van der Waals surface area contributed by atoms with Crippen LogP contribution < -0.4 is 5.73 Å². The van der Waals surface area contributed by atoms with Gasteiger partial charge in [-0.2, -0.15) is 0 Å². The molecular formula is C21H25N3O2. The fourth-order valence-electron chi connectivity index (χ4n) is 3.48. The molecule has 0 aliphatic carbocycles. The van der Waals surface area contributed by atoms with Crippen LogP contribution in [0.1, 0.15) is 54.7 Å². The number of carbonyl (C=O) groups excluding carboxylic acids is 1. The van der Waals surface area contributed by atoms with Crippen LogP contribution in [0.3, 0.4) is 0 Å². The third-order valence-electron chi connectivity index (χ3n) is 4.92. The smallest absolute Gasteiger partial charge is 0.306 e. The zero-order valence-corrected chi connectivity index (χ0v) is 14.9. The zero-order chi connectivity index (χ0) is 18.4. The van der Waals surface area contributed by atoms with Crippen LogP contribution in [0.4, 0.5) is 0 Å². The number of aromatic nitrogens is 1. The summed E-state index contributed by atoms with van der Waals surface area (Å²) in [7, 11) is 0. The maximum atomic E-state index is 11.9. The Kier molecular flexibility index (Phi) is 6.00. The molecule has 2 aromatic rings. The summed E-state index contributed by atoms with van der Waals surface area (Å²) in [6, 6.07) is 11.8. The molecule has 1 unspecified atom stereocenters. The number of nitrogens with two attached hydrogens (primary N) is 1. The number of esters is 1. The summed E-state index contributed by atoms with van der Waals surface area (Å²) in [4.78, 5) is 16.1. The second-order valence-corrected chi connectivity index (χ2v) is 6.89. The van der Waals surface area contributed by atoms with Crippen LogP contribution in [0.15, 0.2) is 48.8 Å². The average molecular weight is 351 g/mol. The van der Waals surface area contributed by atoms with Crippen LogP contribution in [-0.2, 0) is 16.0 Å². The average Bonchev–Trinajstić information content (AvgIpc) is 2.66. The lowest BCUT2D eigenvalue weighted by molar-refractivity contribution is -0.155. The summed E-state index contributed by atoms with van der Waals surface area (Å²) in [5, 5.41) is 7.41. The molecule has 0 bridgehead atoms. The lowest BCUT2D eigenvalue weighted by Crippen LogP contribution is -2.28. The number of unbranched alkanes of at least 4 members (excludes halogenated alkanes) is 1. The number of hydrogen-bond donors (Lipinski definition) is 2. The van der Waals surface area contributed by atoms with E-state index in [0.717, 1.165) is 43.2 Å². The largest absolute Gasteiger partial charge is 0.462 e. The molecule has 0 spiro atoms. The highest BCUT2D eigenvalue weighted by atomic mass is 16.5. The Hall–Kier alpha value is -2.69. The minimum atomic E-state index is -0.102. The molecule has 1 saturated heterocycles. The highest BCUT2D eigenvalue weighted by molar-refractivity contribution is 5.94. The number of nitrogens with one attached hydrogen (secondary N) is 1. The maximum absolute atomic E-state index is 11.9. The van der Waals surface area contributed by atoms with Gasteiger partial charge < -0.3 is 10.5 Å². The van der Waals surface area contributed by atoms with E-state index in [1.807, 2.05) is 42.6 Å². The molecular weight excluding hydrogens is 326 g/mol. The van der Waals surface area contributed by atoms with Crippen molar-refractivity contribution in [3.63, 3.8) is 0 Å². The van der Waals surface area contributed by atoms with E-state index >= 15 is 0 Å². The minimum Gasteiger partial charge on any atom is -0.462 e. The van der Waals surface area contributed by atoms with Crippen LogP contribution in [0.25, 0.3) is 0 Å². The Labute approximate surface area is 154 Å². The van der Waals surface area contributed by atoms with Gasteiger partial charge in [0.1, 0.15) is 11.9 Å². The van der Waals surface area contributed by atoms with Crippen molar-refractivity contribution in [2.24, 2.45) is 5.73 Å². The molecule has 2 heterocycles. The van der Waals surface area contributed by atoms with Gasteiger partial charge in [0.2, 0.25) is 0 Å². The van der Waals surface area contributed by atoms with Gasteiger partial charge in [0, 0.05) is 18.0 Å². The molecule has 2 atom stereocenters. The van der Waals surface area contributed by atoms with Gasteiger partial charge in [-0.15, -0.1) is 0 Å². The molecule has 26 heavy (non-hydrogen) atoms. The predicted octanol–water partition coefficient (Wildman–Crippen LogP) is 3.57. The number of hydrogen-bond acceptors (Lipinski definition) is 4. The molecule has 1 aliphatic rings. The number of pyridine rings is 1. The number of cyclic esters (lactones) is 1. The Morgan fingerprint density at radius 3 is 2.73 bits per heavy atom. The molecule has 1 aliphatic heterocycles. The van der Waals surface area contributed by atoms with Crippen molar-refractivity contribution >= 4 is 11.8 Å². The third-order valence-corrected chi connectivity index (χ3v) is 4.92. The second kappa shape index (κ2) is 8.61. The number of carbonyl (C=O) groups is 1. The van der Waals surface area contributed by atoms with E-state index < -0.39 is 0 Å². The van der Waals surface area contributed by atoms with E-state index in [1.54, 1.807) is 6.20 Å². The van der Waals surface area contributed by atoms with Crippen LogP contribution in [0.5, 0.6) is 0 Å². The van der Waals surface area contributed by atoms with E-state index in [1.165, 1.54) is 5.56 Å². The molecule has 5 heteroatoms. The molecule has 3 rings (SSSR count). The van der Waals surface area contributed by atoms with Gasteiger partial charge in [-0.3, -0.25) is 15.2 Å². The Morgan fingerprint density at radius 1 is 1.23 bits per heavy atom. The van der Waals surface area contributed by atoms with Crippen LogP contribution in [0, 0.1) is 5.41 Å². The number of nitrogen functional groups attached to an aromatic ring is 1. The fourth-order valence-corrected chi connectivity index (χ4v) is 3.48. The number of ether oxygens (including phenoxy) is 1. The summed E-state index contributed by atoms with van der Waals surface area (Å²) < 4.78 is 5.54. The minimum absolute atomic E-state index is 0.00143. The van der Waals surface area contributed by atoms with E-state index in [4.69, 9.17) is 15.9 Å².